The van der Waals surface area contributed by atoms with Crippen LogP contribution in [0.3, 0.4) is 0 Å². The minimum Gasteiger partial charge on any atom is -0.366 e. The molecule has 6 heteroatoms. The molecule has 14 heavy (non-hydrogen) atoms. The fraction of sp³-hybridized carbons (Fsp3) is 0.375. The highest BCUT2D eigenvalue weighted by molar-refractivity contribution is 6.07. The Hall–Kier alpha value is -1.85. The third-order valence-corrected chi connectivity index (χ3v) is 1.78. The molecule has 1 aliphatic heterocycles. The summed E-state index contributed by atoms with van der Waals surface area (Å²) in [6.07, 6.45) is 2.02. The van der Waals surface area contributed by atoms with Crippen LogP contribution in [0, 0.1) is 0 Å². The zero-order chi connectivity index (χ0) is 10.9. The van der Waals surface area contributed by atoms with Crippen molar-refractivity contribution in [2.45, 2.75) is 19.4 Å². The first kappa shape index (κ1) is 10.2. The van der Waals surface area contributed by atoms with Gasteiger partial charge < -0.3 is 11.1 Å². The molecule has 0 radical (unpaired) electrons. The first-order valence-corrected chi connectivity index (χ1v) is 3.98. The summed E-state index contributed by atoms with van der Waals surface area (Å²) in [5, 5.41) is 2.45. The van der Waals surface area contributed by atoms with Crippen LogP contribution in [0.15, 0.2) is 12.3 Å². The topological polar surface area (TPSA) is 92.5 Å². The lowest BCUT2D eigenvalue weighted by molar-refractivity contribution is -0.128. The Morgan fingerprint density at radius 1 is 1.50 bits per heavy atom. The zero-order valence-electron chi connectivity index (χ0n) is 7.90. The van der Waals surface area contributed by atoms with Gasteiger partial charge in [0.1, 0.15) is 5.54 Å². The maximum atomic E-state index is 11.5. The Labute approximate surface area is 80.7 Å². The summed E-state index contributed by atoms with van der Waals surface area (Å²) < 4.78 is 0. The van der Waals surface area contributed by atoms with E-state index in [0.29, 0.717) is 0 Å². The number of nitrogens with two attached hydrogens (primary N) is 1. The molecule has 1 saturated heterocycles. The number of carbonyl (C=O) groups excluding carboxylic acids is 3. The van der Waals surface area contributed by atoms with E-state index in [0.717, 1.165) is 17.2 Å². The number of carbonyl (C=O) groups is 3. The van der Waals surface area contributed by atoms with E-state index in [4.69, 9.17) is 5.73 Å². The number of rotatable bonds is 2. The van der Waals surface area contributed by atoms with Gasteiger partial charge in [0.05, 0.1) is 0 Å². The summed E-state index contributed by atoms with van der Waals surface area (Å²) in [6.45, 7) is 3.15. The van der Waals surface area contributed by atoms with Gasteiger partial charge in [-0.15, -0.1) is 0 Å². The molecule has 0 atom stereocenters. The van der Waals surface area contributed by atoms with Gasteiger partial charge in [0, 0.05) is 12.3 Å². The lowest BCUT2D eigenvalue weighted by Gasteiger charge is -2.12. The largest absolute Gasteiger partial charge is 0.366 e. The van der Waals surface area contributed by atoms with Crippen LogP contribution >= 0.6 is 0 Å². The summed E-state index contributed by atoms with van der Waals surface area (Å²) in [7, 11) is 0. The van der Waals surface area contributed by atoms with Gasteiger partial charge in [-0.1, -0.05) is 0 Å². The predicted molar refractivity (Wildman–Crippen MR) is 47.8 cm³/mol. The molecule has 0 saturated carbocycles. The van der Waals surface area contributed by atoms with Crippen LogP contribution in [-0.2, 0) is 9.59 Å². The fourth-order valence-corrected chi connectivity index (χ4v) is 1.06. The molecule has 76 valence electrons. The molecule has 0 aliphatic carbocycles. The van der Waals surface area contributed by atoms with Gasteiger partial charge in [0.2, 0.25) is 5.91 Å². The first-order valence-electron chi connectivity index (χ1n) is 3.98. The highest BCUT2D eigenvalue weighted by Gasteiger charge is 2.43. The quantitative estimate of drug-likeness (QED) is 0.453. The van der Waals surface area contributed by atoms with E-state index in [1.165, 1.54) is 0 Å². The molecule has 1 fully saturated rings. The Morgan fingerprint density at radius 2 is 2.07 bits per heavy atom. The molecule has 6 nitrogen and oxygen atoms in total. The third-order valence-electron chi connectivity index (χ3n) is 1.78. The van der Waals surface area contributed by atoms with Crippen molar-refractivity contribution in [2.24, 2.45) is 5.73 Å². The number of nitrogens with one attached hydrogen (secondary N) is 1. The zero-order valence-corrected chi connectivity index (χ0v) is 7.90. The highest BCUT2D eigenvalue weighted by Crippen LogP contribution is 2.16. The summed E-state index contributed by atoms with van der Waals surface area (Å²) in [6, 6.07) is -0.558. The average molecular weight is 197 g/mol. The Morgan fingerprint density at radius 3 is 2.43 bits per heavy atom. The highest BCUT2D eigenvalue weighted by atomic mass is 16.2. The normalized spacial score (nSPS) is 20.3. The van der Waals surface area contributed by atoms with Gasteiger partial charge in [0.15, 0.2) is 0 Å². The minimum atomic E-state index is -0.931. The number of urea groups is 1. The predicted octanol–water partition coefficient (Wildman–Crippen LogP) is -0.684. The lowest BCUT2D eigenvalue weighted by atomic mass is 10.1. The fourth-order valence-electron chi connectivity index (χ4n) is 1.06. The van der Waals surface area contributed by atoms with Crippen LogP contribution in [0.2, 0.25) is 0 Å². The van der Waals surface area contributed by atoms with Crippen molar-refractivity contribution in [1.82, 2.24) is 10.2 Å². The standard InChI is InChI=1S/C8H11N3O3/c1-8(2)6(13)11(7(14)10-8)4-3-5(9)12/h3-4H,1-2H3,(H2,9,12)(H,10,14). The SMILES string of the molecule is CC1(C)NC(=O)N(C=CC(N)=O)C1=O. The molecule has 4 amide bonds. The van der Waals surface area contributed by atoms with Crippen molar-refractivity contribution in [1.29, 1.82) is 0 Å². The van der Waals surface area contributed by atoms with Gasteiger partial charge in [-0.25, -0.2) is 9.69 Å². The number of primary amides is 1. The van der Waals surface area contributed by atoms with Crippen LogP contribution in [0.25, 0.3) is 0 Å². The molecule has 3 N–H and O–H groups in total. The van der Waals surface area contributed by atoms with E-state index in [9.17, 15) is 14.4 Å². The van der Waals surface area contributed by atoms with Crippen LogP contribution < -0.4 is 11.1 Å². The Kier molecular flexibility index (Phi) is 2.29. The molecule has 0 aromatic carbocycles. The molecule has 0 unspecified atom stereocenters. The number of nitrogens with zero attached hydrogens (tertiary/aromatic N) is 1. The van der Waals surface area contributed by atoms with Crippen LogP contribution in [0.4, 0.5) is 4.79 Å². The molecule has 1 aliphatic rings. The van der Waals surface area contributed by atoms with Gasteiger partial charge in [0.25, 0.3) is 5.91 Å². The summed E-state index contributed by atoms with van der Waals surface area (Å²) in [5.41, 5.74) is 3.90. The van der Waals surface area contributed by atoms with Crippen molar-refractivity contribution in [3.63, 3.8) is 0 Å². The van der Waals surface area contributed by atoms with Crippen molar-refractivity contribution in [2.75, 3.05) is 0 Å². The molecule has 0 spiro atoms. The van der Waals surface area contributed by atoms with Crippen molar-refractivity contribution in [3.8, 4) is 0 Å². The van der Waals surface area contributed by atoms with E-state index < -0.39 is 23.4 Å². The molecule has 0 bridgehead atoms. The minimum absolute atomic E-state index is 0.417. The molecule has 1 rings (SSSR count). The Balaban J connectivity index is 2.87. The van der Waals surface area contributed by atoms with Crippen LogP contribution in [-0.4, -0.2) is 28.3 Å². The van der Waals surface area contributed by atoms with Gasteiger partial charge in [-0.3, -0.25) is 9.59 Å². The van der Waals surface area contributed by atoms with E-state index in [1.54, 1.807) is 13.8 Å². The second kappa shape index (κ2) is 3.13. The number of hydrogen-bond donors (Lipinski definition) is 2. The smallest absolute Gasteiger partial charge is 0.329 e. The van der Waals surface area contributed by atoms with Crippen LogP contribution in [0.5, 0.6) is 0 Å². The van der Waals surface area contributed by atoms with E-state index >= 15 is 0 Å². The van der Waals surface area contributed by atoms with E-state index in [2.05, 4.69) is 5.32 Å². The molecule has 0 aromatic rings. The van der Waals surface area contributed by atoms with E-state index in [1.807, 2.05) is 0 Å². The van der Waals surface area contributed by atoms with E-state index in [-0.39, 0.29) is 0 Å². The summed E-state index contributed by atoms with van der Waals surface area (Å²) in [5.74, 6) is -1.13. The van der Waals surface area contributed by atoms with Crippen molar-refractivity contribution < 1.29 is 14.4 Å². The van der Waals surface area contributed by atoms with Gasteiger partial charge in [-0.05, 0) is 13.8 Å². The second-order valence-corrected chi connectivity index (χ2v) is 3.45. The van der Waals surface area contributed by atoms with Crippen molar-refractivity contribution in [3.05, 3.63) is 12.3 Å². The maximum Gasteiger partial charge on any atom is 0.329 e. The maximum absolute atomic E-state index is 11.5. The molecule has 0 aromatic heterocycles. The average Bonchev–Trinajstić information content (AvgIpc) is 2.19. The summed E-state index contributed by atoms with van der Waals surface area (Å²) >= 11 is 0. The van der Waals surface area contributed by atoms with Crippen molar-refractivity contribution >= 4 is 17.8 Å². The molecular weight excluding hydrogens is 186 g/mol. The molecule has 1 heterocycles. The van der Waals surface area contributed by atoms with Gasteiger partial charge in [-0.2, -0.15) is 0 Å². The van der Waals surface area contributed by atoms with Crippen LogP contribution in [0.1, 0.15) is 13.8 Å². The third kappa shape index (κ3) is 1.73. The number of hydrogen-bond acceptors (Lipinski definition) is 3. The lowest BCUT2D eigenvalue weighted by Crippen LogP contribution is -2.39. The second-order valence-electron chi connectivity index (χ2n) is 3.45. The Bertz CT molecular complexity index is 333. The van der Waals surface area contributed by atoms with Gasteiger partial charge >= 0.3 is 6.03 Å². The number of imide groups is 1. The molecular formula is C8H11N3O3. The monoisotopic (exact) mass is 197 g/mol. The summed E-state index contributed by atoms with van der Waals surface area (Å²) in [4.78, 5) is 33.9. The first-order chi connectivity index (χ1) is 6.34. The number of amides is 4.